The van der Waals surface area contributed by atoms with Crippen molar-refractivity contribution in [3.05, 3.63) is 71.3 Å². The van der Waals surface area contributed by atoms with Gasteiger partial charge >= 0.3 is 5.97 Å². The van der Waals surface area contributed by atoms with Gasteiger partial charge in [0.15, 0.2) is 0 Å². The molecule has 0 atom stereocenters. The third kappa shape index (κ3) is 3.72. The van der Waals surface area contributed by atoms with Crippen LogP contribution in [-0.2, 0) is 21.4 Å². The summed E-state index contributed by atoms with van der Waals surface area (Å²) in [5.41, 5.74) is 3.72. The lowest BCUT2D eigenvalue weighted by Crippen LogP contribution is -2.21. The lowest BCUT2D eigenvalue weighted by atomic mass is 9.76. The summed E-state index contributed by atoms with van der Waals surface area (Å²) in [5.74, 6) is -0.227. The Balaban J connectivity index is 2.28. The molecule has 0 radical (unpaired) electrons. The molecule has 0 spiro atoms. The molecule has 0 heterocycles. The van der Waals surface area contributed by atoms with Crippen LogP contribution in [0.2, 0.25) is 0 Å². The quantitative estimate of drug-likeness (QED) is 0.771. The topological polar surface area (TPSA) is 26.3 Å². The molecule has 0 bridgehead atoms. The van der Waals surface area contributed by atoms with E-state index < -0.39 is 0 Å². The molecule has 2 rings (SSSR count). The number of esters is 1. The Hall–Kier alpha value is -2.09. The number of hydrogen-bond donors (Lipinski definition) is 0. The Bertz CT molecular complexity index is 600. The first-order valence-corrected chi connectivity index (χ1v) is 7.29. The molecule has 0 fully saturated rings. The van der Waals surface area contributed by atoms with Crippen LogP contribution in [0, 0.1) is 0 Å². The zero-order valence-electron chi connectivity index (χ0n) is 12.9. The molecule has 0 amide bonds. The van der Waals surface area contributed by atoms with E-state index >= 15 is 0 Å². The first kappa shape index (κ1) is 15.3. The molecule has 2 nitrogen and oxygen atoms in total. The van der Waals surface area contributed by atoms with E-state index in [1.165, 1.54) is 23.6 Å². The van der Waals surface area contributed by atoms with Crippen molar-refractivity contribution >= 4 is 5.97 Å². The lowest BCUT2D eigenvalue weighted by Gasteiger charge is -2.28. The normalized spacial score (nSPS) is 11.2. The van der Waals surface area contributed by atoms with Gasteiger partial charge in [0.05, 0.1) is 6.61 Å². The van der Waals surface area contributed by atoms with Crippen molar-refractivity contribution in [3.8, 4) is 0 Å². The van der Waals surface area contributed by atoms with E-state index in [0.717, 1.165) is 6.42 Å². The number of hydrogen-bond acceptors (Lipinski definition) is 2. The maximum Gasteiger partial charge on any atom is 0.302 e. The summed E-state index contributed by atoms with van der Waals surface area (Å²) in [5, 5.41) is 0. The van der Waals surface area contributed by atoms with Crippen LogP contribution >= 0.6 is 0 Å². The second-order valence-electron chi connectivity index (χ2n) is 5.74. The second-order valence-corrected chi connectivity index (χ2v) is 5.74. The van der Waals surface area contributed by atoms with Gasteiger partial charge in [0.1, 0.15) is 0 Å². The minimum absolute atomic E-state index is 0.0753. The van der Waals surface area contributed by atoms with Crippen molar-refractivity contribution in [2.24, 2.45) is 0 Å². The Morgan fingerprint density at radius 3 is 2.29 bits per heavy atom. The van der Waals surface area contributed by atoms with Crippen LogP contribution in [0.4, 0.5) is 0 Å². The standard InChI is InChI=1S/C19H22O2/c1-15(20)21-14-13-16-9-7-8-12-18(16)19(2,3)17-10-5-4-6-11-17/h4-12H,13-14H2,1-3H3. The molecule has 0 aliphatic rings. The van der Waals surface area contributed by atoms with Crippen molar-refractivity contribution in [2.45, 2.75) is 32.6 Å². The minimum atomic E-state index is -0.227. The summed E-state index contributed by atoms with van der Waals surface area (Å²) in [4.78, 5) is 10.9. The third-order valence-electron chi connectivity index (χ3n) is 3.86. The van der Waals surface area contributed by atoms with Gasteiger partial charge in [0.2, 0.25) is 0 Å². The number of carbonyl (C=O) groups excluding carboxylic acids is 1. The van der Waals surface area contributed by atoms with Crippen molar-refractivity contribution in [2.75, 3.05) is 6.61 Å². The first-order valence-electron chi connectivity index (χ1n) is 7.29. The summed E-state index contributed by atoms with van der Waals surface area (Å²) >= 11 is 0. The fraction of sp³-hybridized carbons (Fsp3) is 0.316. The van der Waals surface area contributed by atoms with E-state index in [2.05, 4.69) is 56.3 Å². The van der Waals surface area contributed by atoms with Gasteiger partial charge in [-0.1, -0.05) is 68.4 Å². The van der Waals surface area contributed by atoms with Crippen LogP contribution < -0.4 is 0 Å². The predicted octanol–water partition coefficient (Wildman–Crippen LogP) is 4.12. The molecule has 0 N–H and O–H groups in total. The number of carbonyl (C=O) groups is 1. The SMILES string of the molecule is CC(=O)OCCc1ccccc1C(C)(C)c1ccccc1. The summed E-state index contributed by atoms with van der Waals surface area (Å²) < 4.78 is 5.08. The summed E-state index contributed by atoms with van der Waals surface area (Å²) in [6, 6.07) is 18.9. The zero-order valence-corrected chi connectivity index (χ0v) is 12.9. The van der Waals surface area contributed by atoms with Gasteiger partial charge in [-0.05, 0) is 16.7 Å². The molecule has 0 aliphatic heterocycles. The highest BCUT2D eigenvalue weighted by Gasteiger charge is 2.25. The molecular formula is C19H22O2. The molecule has 110 valence electrons. The fourth-order valence-electron chi connectivity index (χ4n) is 2.66. The first-order chi connectivity index (χ1) is 10.0. The average molecular weight is 282 g/mol. The van der Waals surface area contributed by atoms with Gasteiger partial charge in [0, 0.05) is 18.8 Å². The van der Waals surface area contributed by atoms with Gasteiger partial charge in [0.25, 0.3) is 0 Å². The Kier molecular flexibility index (Phi) is 4.79. The van der Waals surface area contributed by atoms with Crippen molar-refractivity contribution < 1.29 is 9.53 Å². The van der Waals surface area contributed by atoms with Crippen molar-refractivity contribution in [3.63, 3.8) is 0 Å². The molecule has 0 unspecified atom stereocenters. The van der Waals surface area contributed by atoms with Crippen molar-refractivity contribution in [1.29, 1.82) is 0 Å². The smallest absolute Gasteiger partial charge is 0.302 e. The lowest BCUT2D eigenvalue weighted by molar-refractivity contribution is -0.140. The van der Waals surface area contributed by atoms with Crippen LogP contribution in [0.15, 0.2) is 54.6 Å². The highest BCUT2D eigenvalue weighted by Crippen LogP contribution is 2.33. The van der Waals surface area contributed by atoms with E-state index in [0.29, 0.717) is 6.61 Å². The molecular weight excluding hydrogens is 260 g/mol. The van der Waals surface area contributed by atoms with E-state index in [-0.39, 0.29) is 11.4 Å². The summed E-state index contributed by atoms with van der Waals surface area (Å²) in [7, 11) is 0. The highest BCUT2D eigenvalue weighted by molar-refractivity contribution is 5.65. The molecule has 0 aliphatic carbocycles. The van der Waals surface area contributed by atoms with E-state index in [1.807, 2.05) is 12.1 Å². The Labute approximate surface area is 126 Å². The third-order valence-corrected chi connectivity index (χ3v) is 3.86. The van der Waals surface area contributed by atoms with Crippen LogP contribution in [0.5, 0.6) is 0 Å². The van der Waals surface area contributed by atoms with E-state index in [4.69, 9.17) is 4.74 Å². The number of benzene rings is 2. The zero-order chi connectivity index (χ0) is 15.3. The maximum atomic E-state index is 10.9. The van der Waals surface area contributed by atoms with Crippen LogP contribution in [0.25, 0.3) is 0 Å². The fourth-order valence-corrected chi connectivity index (χ4v) is 2.66. The number of rotatable bonds is 5. The summed E-state index contributed by atoms with van der Waals surface area (Å²) in [6.07, 6.45) is 0.742. The van der Waals surface area contributed by atoms with Gasteiger partial charge in [-0.25, -0.2) is 0 Å². The molecule has 2 heteroatoms. The highest BCUT2D eigenvalue weighted by atomic mass is 16.5. The van der Waals surface area contributed by atoms with E-state index in [1.54, 1.807) is 0 Å². The minimum Gasteiger partial charge on any atom is -0.466 e. The molecule has 2 aromatic rings. The number of ether oxygens (including phenoxy) is 1. The Morgan fingerprint density at radius 2 is 1.62 bits per heavy atom. The van der Waals surface area contributed by atoms with Crippen LogP contribution in [0.3, 0.4) is 0 Å². The van der Waals surface area contributed by atoms with Gasteiger partial charge < -0.3 is 4.74 Å². The van der Waals surface area contributed by atoms with Gasteiger partial charge in [-0.3, -0.25) is 4.79 Å². The average Bonchev–Trinajstić information content (AvgIpc) is 2.48. The predicted molar refractivity (Wildman–Crippen MR) is 85.3 cm³/mol. The van der Waals surface area contributed by atoms with Gasteiger partial charge in [-0.2, -0.15) is 0 Å². The summed E-state index contributed by atoms with van der Waals surface area (Å²) in [6.45, 7) is 6.33. The van der Waals surface area contributed by atoms with Gasteiger partial charge in [-0.15, -0.1) is 0 Å². The van der Waals surface area contributed by atoms with Crippen molar-refractivity contribution in [1.82, 2.24) is 0 Å². The van der Waals surface area contributed by atoms with E-state index in [9.17, 15) is 4.79 Å². The molecule has 21 heavy (non-hydrogen) atoms. The van der Waals surface area contributed by atoms with Crippen LogP contribution in [-0.4, -0.2) is 12.6 Å². The molecule has 0 aromatic heterocycles. The monoisotopic (exact) mass is 282 g/mol. The molecule has 2 aromatic carbocycles. The second kappa shape index (κ2) is 6.57. The maximum absolute atomic E-state index is 10.9. The Morgan fingerprint density at radius 1 is 1.00 bits per heavy atom. The largest absolute Gasteiger partial charge is 0.466 e. The molecule has 0 saturated carbocycles. The van der Waals surface area contributed by atoms with Crippen LogP contribution in [0.1, 0.15) is 37.5 Å². The molecule has 0 saturated heterocycles.